The van der Waals surface area contributed by atoms with Crippen molar-refractivity contribution in [1.29, 1.82) is 0 Å². The molecule has 1 N–H and O–H groups in total. The Bertz CT molecular complexity index is 680. The molecule has 2 aromatic rings. The molecule has 0 heterocycles. The number of rotatable bonds is 8. The monoisotopic (exact) mass is 348 g/mol. The summed E-state index contributed by atoms with van der Waals surface area (Å²) in [6.45, 7) is 1.48. The predicted molar refractivity (Wildman–Crippen MR) is 93.3 cm³/mol. The second-order valence-corrected chi connectivity index (χ2v) is 5.66. The van der Waals surface area contributed by atoms with Crippen LogP contribution in [0.2, 0.25) is 0 Å². The predicted octanol–water partition coefficient (Wildman–Crippen LogP) is 4.43. The maximum Gasteiger partial charge on any atom is 0.322 e. The molecule has 0 unspecified atom stereocenters. The van der Waals surface area contributed by atoms with Crippen LogP contribution in [0.5, 0.6) is 0 Å². The number of nitrogens with zero attached hydrogens (tertiary/aromatic N) is 1. The van der Waals surface area contributed by atoms with Gasteiger partial charge in [0.15, 0.2) is 0 Å². The summed E-state index contributed by atoms with van der Waals surface area (Å²) in [5.74, 6) is -1.28. The molecule has 0 aromatic heterocycles. The lowest BCUT2D eigenvalue weighted by molar-refractivity contribution is 0.182. The second-order valence-electron chi connectivity index (χ2n) is 5.66. The van der Waals surface area contributed by atoms with Gasteiger partial charge >= 0.3 is 6.03 Å². The number of halogens is 2. The molecule has 0 aliphatic rings. The van der Waals surface area contributed by atoms with Gasteiger partial charge in [-0.1, -0.05) is 30.3 Å². The van der Waals surface area contributed by atoms with E-state index >= 15 is 0 Å². The van der Waals surface area contributed by atoms with Crippen LogP contribution in [0.1, 0.15) is 18.4 Å². The average molecular weight is 348 g/mol. The van der Waals surface area contributed by atoms with E-state index in [9.17, 15) is 13.6 Å². The summed E-state index contributed by atoms with van der Waals surface area (Å²) in [5.41, 5.74) is 0.795. The molecule has 25 heavy (non-hydrogen) atoms. The molecule has 2 rings (SSSR count). The molecule has 0 aliphatic heterocycles. The molecular formula is C19H22F2N2O2. The van der Waals surface area contributed by atoms with Crippen LogP contribution in [0, 0.1) is 11.6 Å². The highest BCUT2D eigenvalue weighted by Gasteiger charge is 2.16. The van der Waals surface area contributed by atoms with Crippen molar-refractivity contribution in [1.82, 2.24) is 4.90 Å². The SMILES string of the molecule is COCCCCN(Cc1ccccc1)C(=O)Nc1cc(F)ccc1F. The highest BCUT2D eigenvalue weighted by atomic mass is 19.1. The molecule has 0 fully saturated rings. The van der Waals surface area contributed by atoms with Crippen molar-refractivity contribution in [2.75, 3.05) is 25.6 Å². The molecule has 0 spiro atoms. The molecule has 6 heteroatoms. The van der Waals surface area contributed by atoms with Crippen LogP contribution in [-0.2, 0) is 11.3 Å². The molecule has 134 valence electrons. The number of ether oxygens (including phenoxy) is 1. The minimum Gasteiger partial charge on any atom is -0.385 e. The number of methoxy groups -OCH3 is 1. The maximum atomic E-state index is 13.8. The van der Waals surface area contributed by atoms with Crippen LogP contribution < -0.4 is 5.32 Å². The van der Waals surface area contributed by atoms with E-state index in [1.807, 2.05) is 30.3 Å². The van der Waals surface area contributed by atoms with Gasteiger partial charge in [-0.3, -0.25) is 0 Å². The fraction of sp³-hybridized carbons (Fsp3) is 0.316. The van der Waals surface area contributed by atoms with Crippen LogP contribution in [0.4, 0.5) is 19.3 Å². The molecule has 0 bridgehead atoms. The Morgan fingerprint density at radius 1 is 1.12 bits per heavy atom. The number of anilines is 1. The van der Waals surface area contributed by atoms with Gasteiger partial charge in [0.1, 0.15) is 11.6 Å². The van der Waals surface area contributed by atoms with Crippen LogP contribution in [0.15, 0.2) is 48.5 Å². The minimum atomic E-state index is -0.672. The van der Waals surface area contributed by atoms with Crippen LogP contribution >= 0.6 is 0 Å². The van der Waals surface area contributed by atoms with E-state index in [0.29, 0.717) is 19.7 Å². The highest BCUT2D eigenvalue weighted by Crippen LogP contribution is 2.17. The van der Waals surface area contributed by atoms with Crippen molar-refractivity contribution in [2.45, 2.75) is 19.4 Å². The van der Waals surface area contributed by atoms with E-state index in [1.165, 1.54) is 0 Å². The van der Waals surface area contributed by atoms with Crippen molar-refractivity contribution < 1.29 is 18.3 Å². The van der Waals surface area contributed by atoms with E-state index in [0.717, 1.165) is 36.6 Å². The van der Waals surface area contributed by atoms with Crippen molar-refractivity contribution in [3.8, 4) is 0 Å². The normalized spacial score (nSPS) is 10.5. The van der Waals surface area contributed by atoms with Crippen LogP contribution in [0.3, 0.4) is 0 Å². The number of hydrogen-bond donors (Lipinski definition) is 1. The Hall–Kier alpha value is -2.47. The maximum absolute atomic E-state index is 13.8. The summed E-state index contributed by atoms with van der Waals surface area (Å²) in [6, 6.07) is 12.0. The first-order valence-corrected chi connectivity index (χ1v) is 8.14. The Morgan fingerprint density at radius 2 is 1.88 bits per heavy atom. The molecule has 0 atom stereocenters. The fourth-order valence-corrected chi connectivity index (χ4v) is 2.39. The van der Waals surface area contributed by atoms with Gasteiger partial charge in [0.05, 0.1) is 5.69 Å². The molecule has 2 aromatic carbocycles. The van der Waals surface area contributed by atoms with E-state index in [-0.39, 0.29) is 5.69 Å². The number of urea groups is 1. The van der Waals surface area contributed by atoms with Crippen LogP contribution in [-0.4, -0.2) is 31.2 Å². The van der Waals surface area contributed by atoms with Crippen molar-refractivity contribution in [3.63, 3.8) is 0 Å². The fourth-order valence-electron chi connectivity index (χ4n) is 2.39. The van der Waals surface area contributed by atoms with Crippen molar-refractivity contribution in [2.24, 2.45) is 0 Å². The zero-order chi connectivity index (χ0) is 18.1. The quantitative estimate of drug-likeness (QED) is 0.717. The molecular weight excluding hydrogens is 326 g/mol. The highest BCUT2D eigenvalue weighted by molar-refractivity contribution is 5.89. The van der Waals surface area contributed by atoms with Crippen molar-refractivity contribution >= 4 is 11.7 Å². The number of hydrogen-bond acceptors (Lipinski definition) is 2. The summed E-state index contributed by atoms with van der Waals surface area (Å²) < 4.78 is 32.1. The minimum absolute atomic E-state index is 0.167. The Balaban J connectivity index is 2.06. The molecule has 0 radical (unpaired) electrons. The van der Waals surface area contributed by atoms with Gasteiger partial charge in [0, 0.05) is 32.9 Å². The Morgan fingerprint density at radius 3 is 2.60 bits per heavy atom. The summed E-state index contributed by atoms with van der Waals surface area (Å²) in [7, 11) is 1.63. The Kier molecular flexibility index (Phi) is 7.35. The van der Waals surface area contributed by atoms with Gasteiger partial charge in [-0.25, -0.2) is 13.6 Å². The van der Waals surface area contributed by atoms with Gasteiger partial charge in [-0.15, -0.1) is 0 Å². The zero-order valence-corrected chi connectivity index (χ0v) is 14.2. The van der Waals surface area contributed by atoms with Gasteiger partial charge in [0.2, 0.25) is 0 Å². The lowest BCUT2D eigenvalue weighted by atomic mass is 10.2. The summed E-state index contributed by atoms with van der Waals surface area (Å²) in [5, 5.41) is 2.45. The first-order valence-electron chi connectivity index (χ1n) is 8.14. The van der Waals surface area contributed by atoms with Crippen LogP contribution in [0.25, 0.3) is 0 Å². The zero-order valence-electron chi connectivity index (χ0n) is 14.2. The summed E-state index contributed by atoms with van der Waals surface area (Å²) in [4.78, 5) is 14.1. The third-order valence-corrected chi connectivity index (χ3v) is 3.70. The molecule has 0 saturated heterocycles. The average Bonchev–Trinajstić information content (AvgIpc) is 2.61. The number of carbonyl (C=O) groups excluding carboxylic acids is 1. The summed E-state index contributed by atoms with van der Waals surface area (Å²) >= 11 is 0. The van der Waals surface area contributed by atoms with Gasteiger partial charge < -0.3 is 15.0 Å². The van der Waals surface area contributed by atoms with Gasteiger partial charge in [0.25, 0.3) is 0 Å². The number of amides is 2. The first kappa shape index (κ1) is 18.9. The third kappa shape index (κ3) is 6.15. The number of benzene rings is 2. The molecule has 2 amide bonds. The lowest BCUT2D eigenvalue weighted by Gasteiger charge is -2.23. The van der Waals surface area contributed by atoms with Crippen molar-refractivity contribution in [3.05, 3.63) is 65.7 Å². The van der Waals surface area contributed by atoms with E-state index in [4.69, 9.17) is 4.74 Å². The van der Waals surface area contributed by atoms with E-state index in [2.05, 4.69) is 5.32 Å². The lowest BCUT2D eigenvalue weighted by Crippen LogP contribution is -2.35. The molecule has 4 nitrogen and oxygen atoms in total. The third-order valence-electron chi connectivity index (χ3n) is 3.70. The van der Waals surface area contributed by atoms with E-state index in [1.54, 1.807) is 12.0 Å². The number of nitrogens with one attached hydrogen (secondary N) is 1. The van der Waals surface area contributed by atoms with Gasteiger partial charge in [-0.2, -0.15) is 0 Å². The largest absolute Gasteiger partial charge is 0.385 e. The topological polar surface area (TPSA) is 41.6 Å². The number of unbranched alkanes of at least 4 members (excludes halogenated alkanes) is 1. The summed E-state index contributed by atoms with van der Waals surface area (Å²) in [6.07, 6.45) is 1.56. The second kappa shape index (κ2) is 9.74. The Labute approximate surface area is 146 Å². The smallest absolute Gasteiger partial charge is 0.322 e. The standard InChI is InChI=1S/C19H22F2N2O2/c1-25-12-6-5-11-23(14-15-7-3-2-4-8-15)19(24)22-18-13-16(20)9-10-17(18)21/h2-4,7-10,13H,5-6,11-12,14H2,1H3,(H,22,24). The van der Waals surface area contributed by atoms with E-state index < -0.39 is 17.7 Å². The molecule has 0 saturated carbocycles. The number of carbonyl (C=O) groups is 1. The molecule has 0 aliphatic carbocycles. The van der Waals surface area contributed by atoms with Gasteiger partial charge in [-0.05, 0) is 30.5 Å². The first-order chi connectivity index (χ1) is 12.1.